The second kappa shape index (κ2) is 5.04. The van der Waals surface area contributed by atoms with E-state index >= 15 is 0 Å². The number of carbonyl (C=O) groups excluding carboxylic acids is 2. The number of carbonyl (C=O) groups is 2. The molecule has 0 aliphatic carbocycles. The summed E-state index contributed by atoms with van der Waals surface area (Å²) >= 11 is 13.5. The van der Waals surface area contributed by atoms with Gasteiger partial charge in [0.25, 0.3) is 0 Å². The topological polar surface area (TPSA) is 46.2 Å². The fourth-order valence-electron chi connectivity index (χ4n) is 1.60. The Labute approximate surface area is 111 Å². The first-order valence-electron chi connectivity index (χ1n) is 4.69. The van der Waals surface area contributed by atoms with Crippen LogP contribution in [0, 0.1) is 0 Å². The Morgan fingerprint density at radius 2 is 1.94 bits per heavy atom. The van der Waals surface area contributed by atoms with Crippen molar-refractivity contribution >= 4 is 57.3 Å². The number of hydrogen-bond donors (Lipinski definition) is 1. The molecular formula is C11H7Cl2NO2S. The van der Waals surface area contributed by atoms with Gasteiger partial charge in [-0.25, -0.2) is 0 Å². The van der Waals surface area contributed by atoms with E-state index in [1.807, 2.05) is 0 Å². The van der Waals surface area contributed by atoms with Gasteiger partial charge in [0.2, 0.25) is 6.41 Å². The third kappa shape index (κ3) is 2.16. The third-order valence-electron chi connectivity index (χ3n) is 2.37. The molecule has 1 amide bonds. The maximum absolute atomic E-state index is 10.9. The fourth-order valence-corrected chi connectivity index (χ4v) is 3.25. The smallest absolute Gasteiger partial charge is 0.207 e. The van der Waals surface area contributed by atoms with Crippen molar-refractivity contribution in [1.82, 2.24) is 5.32 Å². The monoisotopic (exact) mass is 287 g/mol. The van der Waals surface area contributed by atoms with Crippen molar-refractivity contribution in [3.8, 4) is 0 Å². The first-order valence-corrected chi connectivity index (χ1v) is 6.32. The highest BCUT2D eigenvalue weighted by molar-refractivity contribution is 7.18. The van der Waals surface area contributed by atoms with Crippen molar-refractivity contribution in [2.75, 3.05) is 0 Å². The summed E-state index contributed by atoms with van der Waals surface area (Å²) in [4.78, 5) is 21.4. The SMILES string of the molecule is O=CNC(C=O)c1csc2c(Cl)ccc(Cl)c12. The lowest BCUT2D eigenvalue weighted by atomic mass is 10.1. The average molecular weight is 288 g/mol. The highest BCUT2D eigenvalue weighted by atomic mass is 35.5. The number of amides is 1. The predicted octanol–water partition coefficient (Wildman–Crippen LogP) is 3.19. The van der Waals surface area contributed by atoms with Gasteiger partial charge in [-0.1, -0.05) is 23.2 Å². The van der Waals surface area contributed by atoms with Gasteiger partial charge in [-0.3, -0.25) is 4.79 Å². The van der Waals surface area contributed by atoms with Gasteiger partial charge in [0.15, 0.2) is 0 Å². The van der Waals surface area contributed by atoms with Gasteiger partial charge in [-0.15, -0.1) is 11.3 Å². The molecule has 1 aromatic heterocycles. The van der Waals surface area contributed by atoms with Gasteiger partial charge in [-0.05, 0) is 17.5 Å². The molecule has 0 saturated carbocycles. The molecule has 0 fully saturated rings. The number of rotatable bonds is 4. The second-order valence-electron chi connectivity index (χ2n) is 3.32. The lowest BCUT2D eigenvalue weighted by Crippen LogP contribution is -2.20. The zero-order valence-corrected chi connectivity index (χ0v) is 10.8. The van der Waals surface area contributed by atoms with E-state index in [1.54, 1.807) is 17.5 Å². The molecule has 0 radical (unpaired) electrons. The molecule has 1 atom stereocenters. The van der Waals surface area contributed by atoms with E-state index in [0.717, 1.165) is 10.1 Å². The zero-order chi connectivity index (χ0) is 12.4. The van der Waals surface area contributed by atoms with Crippen molar-refractivity contribution in [3.05, 3.63) is 33.1 Å². The minimum atomic E-state index is -0.697. The molecule has 2 rings (SSSR count). The van der Waals surface area contributed by atoms with Gasteiger partial charge in [0.05, 0.1) is 9.72 Å². The predicted molar refractivity (Wildman–Crippen MR) is 69.8 cm³/mol. The summed E-state index contributed by atoms with van der Waals surface area (Å²) in [5.74, 6) is 0. The molecule has 6 heteroatoms. The second-order valence-corrected chi connectivity index (χ2v) is 5.02. The maximum Gasteiger partial charge on any atom is 0.207 e. The molecule has 0 spiro atoms. The van der Waals surface area contributed by atoms with Crippen molar-refractivity contribution in [1.29, 1.82) is 0 Å². The molecular weight excluding hydrogens is 281 g/mol. The quantitative estimate of drug-likeness (QED) is 0.878. The summed E-state index contributed by atoms with van der Waals surface area (Å²) in [6.45, 7) is 0. The van der Waals surface area contributed by atoms with E-state index in [2.05, 4.69) is 5.32 Å². The molecule has 1 N–H and O–H groups in total. The lowest BCUT2D eigenvalue weighted by Gasteiger charge is -2.08. The highest BCUT2D eigenvalue weighted by Crippen LogP contribution is 2.38. The van der Waals surface area contributed by atoms with Gasteiger partial charge in [0.1, 0.15) is 12.3 Å². The van der Waals surface area contributed by atoms with E-state index in [-0.39, 0.29) is 0 Å². The number of thiophene rings is 1. The van der Waals surface area contributed by atoms with Crippen LogP contribution in [0.1, 0.15) is 11.6 Å². The van der Waals surface area contributed by atoms with Crippen molar-refractivity contribution in [2.45, 2.75) is 6.04 Å². The van der Waals surface area contributed by atoms with Crippen molar-refractivity contribution in [2.24, 2.45) is 0 Å². The van der Waals surface area contributed by atoms with Crippen LogP contribution in [0.5, 0.6) is 0 Å². The van der Waals surface area contributed by atoms with Crippen LogP contribution in [0.4, 0.5) is 0 Å². The Bertz CT molecular complexity index is 582. The van der Waals surface area contributed by atoms with Gasteiger partial charge < -0.3 is 10.1 Å². The van der Waals surface area contributed by atoms with Crippen LogP contribution < -0.4 is 5.32 Å². The molecule has 0 aliphatic rings. The maximum atomic E-state index is 10.9. The third-order valence-corrected chi connectivity index (χ3v) is 4.14. The van der Waals surface area contributed by atoms with E-state index in [0.29, 0.717) is 28.3 Å². The zero-order valence-electron chi connectivity index (χ0n) is 8.44. The molecule has 2 aromatic rings. The largest absolute Gasteiger partial charge is 0.345 e. The number of halogens is 2. The molecule has 88 valence electrons. The van der Waals surface area contributed by atoms with Crippen LogP contribution in [-0.4, -0.2) is 12.7 Å². The number of benzene rings is 1. The molecule has 0 saturated heterocycles. The molecule has 0 bridgehead atoms. The molecule has 1 aromatic carbocycles. The summed E-state index contributed by atoms with van der Waals surface area (Å²) < 4.78 is 0.814. The normalized spacial score (nSPS) is 12.4. The van der Waals surface area contributed by atoms with Gasteiger partial charge in [-0.2, -0.15) is 0 Å². The van der Waals surface area contributed by atoms with Gasteiger partial charge in [0, 0.05) is 16.0 Å². The summed E-state index contributed by atoms with van der Waals surface area (Å²) in [5.41, 5.74) is 0.666. The minimum Gasteiger partial charge on any atom is -0.345 e. The lowest BCUT2D eigenvalue weighted by molar-refractivity contribution is -0.115. The Hall–Kier alpha value is -1.10. The van der Waals surface area contributed by atoms with E-state index < -0.39 is 6.04 Å². The van der Waals surface area contributed by atoms with Crippen LogP contribution in [0.2, 0.25) is 10.0 Å². The van der Waals surface area contributed by atoms with E-state index in [4.69, 9.17) is 23.2 Å². The first kappa shape index (κ1) is 12.4. The highest BCUT2D eigenvalue weighted by Gasteiger charge is 2.17. The Kier molecular flexibility index (Phi) is 3.66. The van der Waals surface area contributed by atoms with Crippen LogP contribution in [-0.2, 0) is 9.59 Å². The van der Waals surface area contributed by atoms with Crippen LogP contribution >= 0.6 is 34.5 Å². The average Bonchev–Trinajstić information content (AvgIpc) is 2.76. The van der Waals surface area contributed by atoms with Crippen molar-refractivity contribution in [3.63, 3.8) is 0 Å². The van der Waals surface area contributed by atoms with E-state index in [9.17, 15) is 9.59 Å². The summed E-state index contributed by atoms with van der Waals surface area (Å²) in [5, 5.41) is 6.02. The number of fused-ring (bicyclic) bond motifs is 1. The van der Waals surface area contributed by atoms with Gasteiger partial charge >= 0.3 is 0 Å². The standard InChI is InChI=1S/C11H7Cl2NO2S/c12-7-1-2-8(13)11-10(7)6(4-17-11)9(3-15)14-5-16/h1-5,9H,(H,14,16). The summed E-state index contributed by atoms with van der Waals surface area (Å²) in [6.07, 6.45) is 1.15. The number of aldehydes is 1. The molecule has 3 nitrogen and oxygen atoms in total. The Balaban J connectivity index is 2.66. The number of hydrogen-bond acceptors (Lipinski definition) is 3. The number of nitrogens with one attached hydrogen (secondary N) is 1. The molecule has 0 aliphatic heterocycles. The molecule has 1 heterocycles. The van der Waals surface area contributed by atoms with Crippen LogP contribution in [0.3, 0.4) is 0 Å². The molecule has 1 unspecified atom stereocenters. The van der Waals surface area contributed by atoms with Crippen molar-refractivity contribution < 1.29 is 9.59 Å². The molecule has 17 heavy (non-hydrogen) atoms. The fraction of sp³-hybridized carbons (Fsp3) is 0.0909. The Morgan fingerprint density at radius 3 is 2.59 bits per heavy atom. The summed E-state index contributed by atoms with van der Waals surface area (Å²) in [7, 11) is 0. The van der Waals surface area contributed by atoms with E-state index in [1.165, 1.54) is 11.3 Å². The Morgan fingerprint density at radius 1 is 1.24 bits per heavy atom. The van der Waals surface area contributed by atoms with Crippen LogP contribution in [0.15, 0.2) is 17.5 Å². The summed E-state index contributed by atoms with van der Waals surface area (Å²) in [6, 6.07) is 2.68. The first-order chi connectivity index (χ1) is 8.19. The minimum absolute atomic E-state index is 0.487. The van der Waals surface area contributed by atoms with Crippen LogP contribution in [0.25, 0.3) is 10.1 Å².